The van der Waals surface area contributed by atoms with Crippen molar-refractivity contribution in [3.8, 4) is 0 Å². The van der Waals surface area contributed by atoms with Crippen molar-refractivity contribution in [1.29, 1.82) is 0 Å². The quantitative estimate of drug-likeness (QED) is 0.0274. The third-order valence-corrected chi connectivity index (χ3v) is 11.4. The average molecular weight is 849 g/mol. The van der Waals surface area contributed by atoms with Crippen LogP contribution in [0.3, 0.4) is 0 Å². The van der Waals surface area contributed by atoms with Crippen molar-refractivity contribution < 1.29 is 32.9 Å². The molecular formula is C50H93N2O6P. The zero-order valence-electron chi connectivity index (χ0n) is 38.9. The normalized spacial score (nSPS) is 14.8. The van der Waals surface area contributed by atoms with Crippen LogP contribution in [0.25, 0.3) is 0 Å². The van der Waals surface area contributed by atoms with Gasteiger partial charge in [-0.1, -0.05) is 177 Å². The van der Waals surface area contributed by atoms with E-state index >= 15 is 0 Å². The van der Waals surface area contributed by atoms with Gasteiger partial charge in [-0.25, -0.2) is 0 Å². The van der Waals surface area contributed by atoms with Crippen molar-refractivity contribution in [2.24, 2.45) is 0 Å². The summed E-state index contributed by atoms with van der Waals surface area (Å²) in [5, 5.41) is 13.8. The predicted molar refractivity (Wildman–Crippen MR) is 251 cm³/mol. The number of nitrogens with one attached hydrogen (secondary N) is 1. The van der Waals surface area contributed by atoms with Crippen molar-refractivity contribution in [2.45, 2.75) is 212 Å². The summed E-state index contributed by atoms with van der Waals surface area (Å²) in [5.41, 5.74) is 0. The molecule has 0 aromatic rings. The van der Waals surface area contributed by atoms with E-state index in [2.05, 4.69) is 67.8 Å². The third-order valence-electron chi connectivity index (χ3n) is 10.4. The van der Waals surface area contributed by atoms with E-state index in [0.717, 1.165) is 57.8 Å². The molecule has 344 valence electrons. The zero-order valence-corrected chi connectivity index (χ0v) is 39.8. The molecule has 0 rings (SSSR count). The number of likely N-dealkylation sites (N-methyl/N-ethyl adjacent to an activating group) is 1. The van der Waals surface area contributed by atoms with E-state index in [1.807, 2.05) is 27.2 Å². The Kier molecular flexibility index (Phi) is 40.3. The van der Waals surface area contributed by atoms with Crippen molar-refractivity contribution in [3.63, 3.8) is 0 Å². The number of phosphoric acid groups is 1. The summed E-state index contributed by atoms with van der Waals surface area (Å²) in [6, 6.07) is -0.911. The molecule has 1 amide bonds. The molecule has 0 aliphatic rings. The number of hydrogen-bond acceptors (Lipinski definition) is 6. The minimum Gasteiger partial charge on any atom is -0.756 e. The minimum absolute atomic E-state index is 0.0113. The van der Waals surface area contributed by atoms with Gasteiger partial charge < -0.3 is 28.8 Å². The lowest BCUT2D eigenvalue weighted by Crippen LogP contribution is -2.45. The fourth-order valence-electron chi connectivity index (χ4n) is 6.57. The molecule has 0 saturated heterocycles. The topological polar surface area (TPSA) is 108 Å². The molecule has 3 atom stereocenters. The molecule has 0 aromatic heterocycles. The van der Waals surface area contributed by atoms with Gasteiger partial charge in [0.05, 0.1) is 39.9 Å². The molecule has 0 radical (unpaired) electrons. The molecule has 0 aliphatic carbocycles. The molecule has 0 heterocycles. The monoisotopic (exact) mass is 849 g/mol. The first-order valence-electron chi connectivity index (χ1n) is 24.2. The summed E-state index contributed by atoms with van der Waals surface area (Å²) in [4.78, 5) is 25.3. The Morgan fingerprint density at radius 2 is 1.00 bits per heavy atom. The first-order valence-corrected chi connectivity index (χ1v) is 25.6. The second-order valence-electron chi connectivity index (χ2n) is 17.4. The van der Waals surface area contributed by atoms with Gasteiger partial charge in [0.25, 0.3) is 7.82 Å². The van der Waals surface area contributed by atoms with Gasteiger partial charge in [0.1, 0.15) is 13.2 Å². The molecule has 3 unspecified atom stereocenters. The van der Waals surface area contributed by atoms with Crippen LogP contribution in [-0.2, 0) is 18.4 Å². The fraction of sp³-hybridized carbons (Fsp3) is 0.780. The maximum Gasteiger partial charge on any atom is 0.268 e. The first-order chi connectivity index (χ1) is 28.5. The van der Waals surface area contributed by atoms with Gasteiger partial charge >= 0.3 is 0 Å². The zero-order chi connectivity index (χ0) is 43.6. The highest BCUT2D eigenvalue weighted by atomic mass is 31.2. The summed E-state index contributed by atoms with van der Waals surface area (Å²) in [6.07, 6.45) is 54.2. The van der Waals surface area contributed by atoms with E-state index in [0.29, 0.717) is 17.4 Å². The number of carbonyl (C=O) groups is 1. The summed E-state index contributed by atoms with van der Waals surface area (Å²) in [6.45, 7) is 4.57. The van der Waals surface area contributed by atoms with Gasteiger partial charge in [-0.3, -0.25) is 9.36 Å². The number of hydrogen-bond donors (Lipinski definition) is 2. The van der Waals surface area contributed by atoms with Crippen molar-refractivity contribution in [2.75, 3.05) is 40.9 Å². The smallest absolute Gasteiger partial charge is 0.268 e. The molecule has 9 heteroatoms. The SMILES string of the molecule is CCCCCC/C=C/CC/C=C/CC/C=C/C(O)C(COP(=O)([O-])OCC[N+](C)(C)C)NC(=O)CCCCCCCCCCCCC/C=C\C/C=C\CCCCCCC. The van der Waals surface area contributed by atoms with Crippen LogP contribution < -0.4 is 10.2 Å². The van der Waals surface area contributed by atoms with Crippen LogP contribution in [0.2, 0.25) is 0 Å². The maximum absolute atomic E-state index is 12.9. The van der Waals surface area contributed by atoms with E-state index in [4.69, 9.17) is 9.05 Å². The van der Waals surface area contributed by atoms with Crippen molar-refractivity contribution in [1.82, 2.24) is 5.32 Å². The summed E-state index contributed by atoms with van der Waals surface area (Å²) >= 11 is 0. The number of phosphoric ester groups is 1. The predicted octanol–water partition coefficient (Wildman–Crippen LogP) is 13.2. The van der Waals surface area contributed by atoms with E-state index in [1.54, 1.807) is 6.08 Å². The molecule has 0 spiro atoms. The van der Waals surface area contributed by atoms with Gasteiger partial charge in [0.2, 0.25) is 5.91 Å². The largest absolute Gasteiger partial charge is 0.756 e. The Morgan fingerprint density at radius 1 is 0.593 bits per heavy atom. The van der Waals surface area contributed by atoms with Crippen LogP contribution in [0.5, 0.6) is 0 Å². The Balaban J connectivity index is 4.35. The van der Waals surface area contributed by atoms with Crippen LogP contribution in [0.1, 0.15) is 200 Å². The molecule has 2 N–H and O–H groups in total. The van der Waals surface area contributed by atoms with Gasteiger partial charge in [-0.05, 0) is 77.0 Å². The maximum atomic E-state index is 12.9. The Bertz CT molecular complexity index is 1140. The number of amides is 1. The van der Waals surface area contributed by atoms with Gasteiger partial charge in [0.15, 0.2) is 0 Å². The third kappa shape index (κ3) is 44.1. The number of allylic oxidation sites excluding steroid dienone is 9. The van der Waals surface area contributed by atoms with E-state index < -0.39 is 26.6 Å². The second kappa shape index (κ2) is 41.5. The number of aliphatic hydroxyl groups is 1. The highest BCUT2D eigenvalue weighted by molar-refractivity contribution is 7.45. The number of rotatable bonds is 43. The standard InChI is InChI=1S/C50H93N2O6P/c1-6-8-10-12-14-16-18-20-22-23-24-25-26-27-28-29-30-32-34-36-38-40-42-44-50(54)51-48(47-58-59(55,56)57-46-45-52(3,4)5)49(53)43-41-39-37-35-33-31-21-19-17-15-13-11-9-7-2/h17-20,23-24,33,35,41,43,48-49,53H,6-16,21-22,25-32,34,36-40,42,44-47H2,1-5H3,(H-,51,54,55,56)/b19-17+,20-18-,24-23-,35-33+,43-41+. The van der Waals surface area contributed by atoms with Crippen LogP contribution in [0.4, 0.5) is 0 Å². The molecule has 59 heavy (non-hydrogen) atoms. The number of aliphatic hydroxyl groups excluding tert-OH is 1. The van der Waals surface area contributed by atoms with Crippen molar-refractivity contribution in [3.05, 3.63) is 60.8 Å². The molecule has 0 bridgehead atoms. The summed E-state index contributed by atoms with van der Waals surface area (Å²) < 4.78 is 23.2. The lowest BCUT2D eigenvalue weighted by Gasteiger charge is -2.29. The highest BCUT2D eigenvalue weighted by Gasteiger charge is 2.23. The van der Waals surface area contributed by atoms with E-state index in [1.165, 1.54) is 122 Å². The van der Waals surface area contributed by atoms with Gasteiger partial charge in [-0.2, -0.15) is 0 Å². The first kappa shape index (κ1) is 57.2. The number of nitrogens with zero attached hydrogens (tertiary/aromatic N) is 1. The Labute approximate surface area is 364 Å². The Hall–Kier alpha value is -1.80. The van der Waals surface area contributed by atoms with E-state index in [-0.39, 0.29) is 12.5 Å². The molecule has 0 fully saturated rings. The lowest BCUT2D eigenvalue weighted by atomic mass is 10.0. The molecule has 0 aromatic carbocycles. The number of carbonyl (C=O) groups excluding carboxylic acids is 1. The number of unbranched alkanes of at least 4 members (excludes halogenated alkanes) is 22. The average Bonchev–Trinajstić information content (AvgIpc) is 3.19. The van der Waals surface area contributed by atoms with Crippen LogP contribution in [0.15, 0.2) is 60.8 Å². The van der Waals surface area contributed by atoms with Crippen molar-refractivity contribution >= 4 is 13.7 Å². The second-order valence-corrected chi connectivity index (χ2v) is 18.8. The lowest BCUT2D eigenvalue weighted by molar-refractivity contribution is -0.870. The summed E-state index contributed by atoms with van der Waals surface area (Å²) in [7, 11) is 1.23. The van der Waals surface area contributed by atoms with Crippen LogP contribution >= 0.6 is 7.82 Å². The fourth-order valence-corrected chi connectivity index (χ4v) is 7.29. The van der Waals surface area contributed by atoms with Crippen LogP contribution in [0, 0.1) is 0 Å². The molecule has 0 saturated carbocycles. The van der Waals surface area contributed by atoms with Gasteiger partial charge in [-0.15, -0.1) is 0 Å². The number of quaternary nitrogens is 1. The summed E-state index contributed by atoms with van der Waals surface area (Å²) in [5.74, 6) is -0.216. The van der Waals surface area contributed by atoms with Crippen LogP contribution in [-0.4, -0.2) is 68.5 Å². The minimum atomic E-state index is -4.60. The van der Waals surface area contributed by atoms with Gasteiger partial charge in [0, 0.05) is 6.42 Å². The van der Waals surface area contributed by atoms with E-state index in [9.17, 15) is 19.4 Å². The Morgan fingerprint density at radius 3 is 1.49 bits per heavy atom. The molecule has 8 nitrogen and oxygen atoms in total. The highest BCUT2D eigenvalue weighted by Crippen LogP contribution is 2.38. The molecule has 0 aliphatic heterocycles. The molecular weight excluding hydrogens is 756 g/mol.